The van der Waals surface area contributed by atoms with Gasteiger partial charge in [-0.25, -0.2) is 9.78 Å². The van der Waals surface area contributed by atoms with Gasteiger partial charge in [0.1, 0.15) is 29.2 Å². The van der Waals surface area contributed by atoms with Gasteiger partial charge in [-0.3, -0.25) is 9.59 Å². The zero-order valence-electron chi connectivity index (χ0n) is 25.4. The Balaban J connectivity index is 1.50. The number of carbonyl (C=O) groups is 3. The molecule has 228 valence electrons. The molecule has 5 rings (SSSR count). The van der Waals surface area contributed by atoms with Gasteiger partial charge in [-0.1, -0.05) is 57.2 Å². The maximum Gasteiger partial charge on any atom is 0.330 e. The first-order valence-corrected chi connectivity index (χ1v) is 14.6. The molecule has 2 radical (unpaired) electrons. The first-order chi connectivity index (χ1) is 20.9. The highest BCUT2D eigenvalue weighted by molar-refractivity contribution is 6.07. The van der Waals surface area contributed by atoms with Gasteiger partial charge in [0.15, 0.2) is 7.98 Å². The summed E-state index contributed by atoms with van der Waals surface area (Å²) in [6, 6.07) is 15.3. The second-order valence-corrected chi connectivity index (χ2v) is 12.5. The lowest BCUT2D eigenvalue weighted by Crippen LogP contribution is -2.58. The summed E-state index contributed by atoms with van der Waals surface area (Å²) in [6.45, 7) is 9.40. The molecule has 2 heterocycles. The number of aromatic nitrogens is 1. The van der Waals surface area contributed by atoms with Gasteiger partial charge in [0.05, 0.1) is 30.9 Å². The van der Waals surface area contributed by atoms with Crippen LogP contribution < -0.4 is 20.0 Å². The van der Waals surface area contributed by atoms with Crippen LogP contribution in [0.4, 0.5) is 0 Å². The number of aliphatic carboxylic acids is 1. The van der Waals surface area contributed by atoms with Crippen molar-refractivity contribution < 1.29 is 29.0 Å². The highest BCUT2D eigenvalue weighted by atomic mass is 16.5. The van der Waals surface area contributed by atoms with Gasteiger partial charge >= 0.3 is 5.97 Å². The Morgan fingerprint density at radius 2 is 1.91 bits per heavy atom. The number of carbonyl (C=O) groups excluding carboxylic acids is 2. The molecule has 3 aromatic rings. The van der Waals surface area contributed by atoms with E-state index in [1.54, 1.807) is 7.11 Å². The fourth-order valence-corrected chi connectivity index (χ4v) is 5.89. The number of fused-ring (bicyclic) bond motifs is 1. The number of nitrogens with zero attached hydrogens (tertiary/aromatic N) is 2. The molecule has 1 saturated carbocycles. The van der Waals surface area contributed by atoms with Crippen molar-refractivity contribution in [1.82, 2.24) is 20.4 Å². The van der Waals surface area contributed by atoms with Crippen molar-refractivity contribution >= 4 is 36.7 Å². The minimum absolute atomic E-state index is 0.0940. The minimum Gasteiger partial charge on any atom is -0.497 e. The summed E-state index contributed by atoms with van der Waals surface area (Å²) in [4.78, 5) is 46.0. The third-order valence-electron chi connectivity index (χ3n) is 8.50. The highest BCUT2D eigenvalue weighted by Crippen LogP contribution is 2.45. The minimum atomic E-state index is -1.44. The molecular weight excluding hydrogens is 559 g/mol. The van der Waals surface area contributed by atoms with Gasteiger partial charge in [-0.15, -0.1) is 6.58 Å². The molecule has 11 heteroatoms. The summed E-state index contributed by atoms with van der Waals surface area (Å²) in [5.74, 6) is -1.29. The number of likely N-dealkylation sites (tertiary alicyclic amines) is 1. The zero-order chi connectivity index (χ0) is 31.8. The average molecular weight is 596 g/mol. The van der Waals surface area contributed by atoms with Gasteiger partial charge < -0.3 is 30.0 Å². The van der Waals surface area contributed by atoms with Crippen molar-refractivity contribution in [2.24, 2.45) is 11.3 Å². The van der Waals surface area contributed by atoms with Crippen molar-refractivity contribution in [3.05, 3.63) is 67.3 Å². The van der Waals surface area contributed by atoms with Crippen LogP contribution in [0.25, 0.3) is 22.2 Å². The molecule has 2 amide bonds. The van der Waals surface area contributed by atoms with Crippen molar-refractivity contribution in [3.63, 3.8) is 0 Å². The Labute approximate surface area is 258 Å². The van der Waals surface area contributed by atoms with Crippen LogP contribution in [0.15, 0.2) is 67.3 Å². The van der Waals surface area contributed by atoms with Crippen LogP contribution in [0.3, 0.4) is 0 Å². The molecule has 1 unspecified atom stereocenters. The fourth-order valence-electron chi connectivity index (χ4n) is 5.89. The molecule has 0 bridgehead atoms. The maximum absolute atomic E-state index is 13.9. The molecule has 2 fully saturated rings. The van der Waals surface area contributed by atoms with Gasteiger partial charge in [-0.2, -0.15) is 0 Å². The lowest BCUT2D eigenvalue weighted by molar-refractivity contribution is -0.146. The van der Waals surface area contributed by atoms with E-state index in [-0.39, 0.29) is 25.3 Å². The molecule has 1 saturated heterocycles. The van der Waals surface area contributed by atoms with E-state index in [1.165, 1.54) is 11.0 Å². The number of carboxylic acid groups (broad SMARTS) is 1. The predicted octanol–water partition coefficient (Wildman–Crippen LogP) is 3.49. The quantitative estimate of drug-likeness (QED) is 0.240. The topological polar surface area (TPSA) is 130 Å². The molecule has 10 nitrogen and oxygen atoms in total. The number of pyridine rings is 1. The standard InChI is InChI=1S/C33H37BN4O6/c1-6-20-17-33(20,31(41)42)36-29(39)26-15-22(18-38(26)30(40)28(37-34)32(2,3)4)44-27-16-24(19-10-8-7-9-11-19)35-25-14-21(43-5)12-13-23(25)27/h6-14,16,20,22,26,28,37H,1,15,17-18H2,2-5H3,(H,36,39)(H,41,42)/t20-,22?,26-,28+,33+/m0/s1. The molecule has 5 atom stereocenters. The predicted molar refractivity (Wildman–Crippen MR) is 167 cm³/mol. The van der Waals surface area contributed by atoms with E-state index in [0.717, 1.165) is 10.9 Å². The Kier molecular flexibility index (Phi) is 8.44. The van der Waals surface area contributed by atoms with Crippen LogP contribution in [-0.2, 0) is 14.4 Å². The number of hydrogen-bond acceptors (Lipinski definition) is 7. The Hall–Kier alpha value is -4.38. The second-order valence-electron chi connectivity index (χ2n) is 12.5. The number of ether oxygens (including phenoxy) is 2. The van der Waals surface area contributed by atoms with Gasteiger partial charge in [-0.05, 0) is 24.0 Å². The highest BCUT2D eigenvalue weighted by Gasteiger charge is 2.61. The number of nitrogens with one attached hydrogen (secondary N) is 2. The molecule has 1 aromatic heterocycles. The Bertz CT molecular complexity index is 1590. The maximum atomic E-state index is 13.9. The molecule has 1 aliphatic heterocycles. The second kappa shape index (κ2) is 12.0. The van der Waals surface area contributed by atoms with E-state index in [0.29, 0.717) is 22.7 Å². The SMILES string of the molecule is [B]N[C@H](C(=O)N1CC(Oc2cc(-c3ccccc3)nc3cc(OC)ccc23)C[C@H]1C(=O)N[C@]1(C(=O)O)C[C@@H]1C=C)C(C)(C)C. The number of amides is 2. The van der Waals surface area contributed by atoms with E-state index in [1.807, 2.05) is 75.4 Å². The monoisotopic (exact) mass is 596 g/mol. The van der Waals surface area contributed by atoms with Gasteiger partial charge in [0, 0.05) is 35.4 Å². The normalized spacial score (nSPS) is 23.5. The van der Waals surface area contributed by atoms with Crippen LogP contribution >= 0.6 is 0 Å². The molecule has 0 spiro atoms. The first kappa shape index (κ1) is 31.1. The zero-order valence-corrected chi connectivity index (χ0v) is 25.4. The summed E-state index contributed by atoms with van der Waals surface area (Å²) in [5.41, 5.74) is 0.240. The van der Waals surface area contributed by atoms with Crippen molar-refractivity contribution in [3.8, 4) is 22.8 Å². The lowest BCUT2D eigenvalue weighted by atomic mass is 9.84. The van der Waals surface area contributed by atoms with Crippen LogP contribution in [0.2, 0.25) is 0 Å². The van der Waals surface area contributed by atoms with Crippen LogP contribution in [0.1, 0.15) is 33.6 Å². The van der Waals surface area contributed by atoms with E-state index >= 15 is 0 Å². The summed E-state index contributed by atoms with van der Waals surface area (Å²) in [7, 11) is 7.40. The molecule has 2 aliphatic rings. The smallest absolute Gasteiger partial charge is 0.330 e. The van der Waals surface area contributed by atoms with E-state index in [2.05, 4.69) is 17.1 Å². The largest absolute Gasteiger partial charge is 0.497 e. The van der Waals surface area contributed by atoms with E-state index in [4.69, 9.17) is 22.4 Å². The molecule has 3 N–H and O–H groups in total. The Morgan fingerprint density at radius 1 is 1.18 bits per heavy atom. The summed E-state index contributed by atoms with van der Waals surface area (Å²) in [6.07, 6.45) is 1.33. The molecule has 44 heavy (non-hydrogen) atoms. The number of benzene rings is 2. The summed E-state index contributed by atoms with van der Waals surface area (Å²) in [5, 5.41) is 16.0. The fraction of sp³-hybridized carbons (Fsp3) is 0.394. The number of rotatable bonds is 10. The van der Waals surface area contributed by atoms with Crippen LogP contribution in [0, 0.1) is 11.3 Å². The summed E-state index contributed by atoms with van der Waals surface area (Å²) < 4.78 is 12.0. The van der Waals surface area contributed by atoms with E-state index in [9.17, 15) is 19.5 Å². The number of hydrogen-bond donors (Lipinski definition) is 3. The Morgan fingerprint density at radius 3 is 2.50 bits per heavy atom. The van der Waals surface area contributed by atoms with Crippen molar-refractivity contribution in [1.29, 1.82) is 0 Å². The molecule has 1 aliphatic carbocycles. The van der Waals surface area contributed by atoms with Gasteiger partial charge in [0.2, 0.25) is 11.8 Å². The van der Waals surface area contributed by atoms with E-state index < -0.39 is 46.9 Å². The summed E-state index contributed by atoms with van der Waals surface area (Å²) >= 11 is 0. The molecule has 2 aromatic carbocycles. The van der Waals surface area contributed by atoms with Gasteiger partial charge in [0.25, 0.3) is 0 Å². The van der Waals surface area contributed by atoms with Crippen LogP contribution in [0.5, 0.6) is 11.5 Å². The average Bonchev–Trinajstić information content (AvgIpc) is 3.56. The third-order valence-corrected chi connectivity index (χ3v) is 8.50. The van der Waals surface area contributed by atoms with Crippen molar-refractivity contribution in [2.75, 3.05) is 13.7 Å². The third kappa shape index (κ3) is 5.88. The number of carboxylic acids is 1. The lowest BCUT2D eigenvalue weighted by Gasteiger charge is -2.35. The van der Waals surface area contributed by atoms with Crippen molar-refractivity contribution in [2.45, 2.75) is 57.3 Å². The van der Waals surface area contributed by atoms with Crippen LogP contribution in [-0.4, -0.2) is 78.1 Å². The first-order valence-electron chi connectivity index (χ1n) is 14.6. The molecular formula is C33H37BN4O6. The number of methoxy groups -OCH3 is 1.